The number of aliphatic hydroxyl groups excluding tert-OH is 3. The van der Waals surface area contributed by atoms with E-state index < -0.39 is 0 Å². The molecule has 0 aliphatic carbocycles. The lowest BCUT2D eigenvalue weighted by atomic mass is 10.0. The zero-order chi connectivity index (χ0) is 18.6. The van der Waals surface area contributed by atoms with Crippen LogP contribution in [0.25, 0.3) is 0 Å². The topological polar surface area (TPSA) is 60.7 Å². The van der Waals surface area contributed by atoms with Crippen molar-refractivity contribution in [1.82, 2.24) is 0 Å². The fraction of sp³-hybridized carbons (Fsp3) is 1.00. The highest BCUT2D eigenvalue weighted by molar-refractivity contribution is 4.50. The van der Waals surface area contributed by atoms with Gasteiger partial charge in [0, 0.05) is 0 Å². The summed E-state index contributed by atoms with van der Waals surface area (Å²) in [6.45, 7) is 2.36. The number of aliphatic hydroxyl groups is 3. The predicted molar refractivity (Wildman–Crippen MR) is 106 cm³/mol. The molecule has 0 aliphatic rings. The van der Waals surface area contributed by atoms with Crippen molar-refractivity contribution in [3.63, 3.8) is 0 Å². The van der Waals surface area contributed by atoms with Crippen LogP contribution in [0.3, 0.4) is 0 Å². The summed E-state index contributed by atoms with van der Waals surface area (Å²) in [5, 5.41) is 27.8. The van der Waals surface area contributed by atoms with Crippen LogP contribution in [0.4, 0.5) is 0 Å². The number of hydrogen-bond donors (Lipinski definition) is 3. The SMILES string of the molecule is CCCCCCCCCCCCCCCCCC[N+](CO)(CO)CO. The Labute approximate surface area is 156 Å². The molecule has 0 fully saturated rings. The van der Waals surface area contributed by atoms with E-state index in [1.54, 1.807) is 0 Å². The van der Waals surface area contributed by atoms with Crippen LogP contribution >= 0.6 is 0 Å². The van der Waals surface area contributed by atoms with Gasteiger partial charge in [-0.1, -0.05) is 96.8 Å². The summed E-state index contributed by atoms with van der Waals surface area (Å²) in [5.41, 5.74) is 0. The summed E-state index contributed by atoms with van der Waals surface area (Å²) < 4.78 is -0.00139. The van der Waals surface area contributed by atoms with Gasteiger partial charge < -0.3 is 15.3 Å². The minimum Gasteiger partial charge on any atom is -0.347 e. The van der Waals surface area contributed by atoms with Gasteiger partial charge in [0.25, 0.3) is 0 Å². The fourth-order valence-electron chi connectivity index (χ4n) is 3.34. The fourth-order valence-corrected chi connectivity index (χ4v) is 3.34. The largest absolute Gasteiger partial charge is 0.347 e. The number of quaternary nitrogens is 1. The molecule has 25 heavy (non-hydrogen) atoms. The minimum absolute atomic E-state index is 0.00139. The first-order valence-electron chi connectivity index (χ1n) is 10.9. The average Bonchev–Trinajstić information content (AvgIpc) is 2.65. The maximum absolute atomic E-state index is 9.25. The Morgan fingerprint density at radius 1 is 0.440 bits per heavy atom. The van der Waals surface area contributed by atoms with Crippen molar-refractivity contribution >= 4 is 0 Å². The van der Waals surface area contributed by atoms with Crippen molar-refractivity contribution in [2.24, 2.45) is 0 Å². The molecule has 0 aromatic heterocycles. The van der Waals surface area contributed by atoms with Crippen LogP contribution in [-0.2, 0) is 0 Å². The van der Waals surface area contributed by atoms with Crippen molar-refractivity contribution in [1.29, 1.82) is 0 Å². The van der Waals surface area contributed by atoms with Gasteiger partial charge in [-0.3, -0.25) is 4.48 Å². The maximum atomic E-state index is 9.25. The third-order valence-corrected chi connectivity index (χ3v) is 5.39. The van der Waals surface area contributed by atoms with Crippen LogP contribution < -0.4 is 0 Å². The lowest BCUT2D eigenvalue weighted by Gasteiger charge is -2.31. The van der Waals surface area contributed by atoms with Gasteiger partial charge in [0.1, 0.15) is 0 Å². The Kier molecular flexibility index (Phi) is 18.5. The second-order valence-electron chi connectivity index (χ2n) is 7.79. The molecule has 0 aliphatic heterocycles. The van der Waals surface area contributed by atoms with Crippen LogP contribution in [-0.4, -0.2) is 46.5 Å². The summed E-state index contributed by atoms with van der Waals surface area (Å²) in [7, 11) is 0. The molecular formula is C21H46NO3+. The molecular weight excluding hydrogens is 314 g/mol. The zero-order valence-corrected chi connectivity index (χ0v) is 16.9. The molecule has 0 heterocycles. The minimum atomic E-state index is -0.189. The maximum Gasteiger partial charge on any atom is 0.183 e. The Hall–Kier alpha value is -0.160. The molecule has 0 amide bonds. The van der Waals surface area contributed by atoms with E-state index in [0.29, 0.717) is 6.54 Å². The summed E-state index contributed by atoms with van der Waals surface area (Å²) in [5.74, 6) is 0. The molecule has 0 atom stereocenters. The summed E-state index contributed by atoms with van der Waals surface area (Å²) in [6.07, 6.45) is 21.4. The van der Waals surface area contributed by atoms with E-state index in [-0.39, 0.29) is 24.7 Å². The van der Waals surface area contributed by atoms with E-state index in [1.165, 1.54) is 89.9 Å². The lowest BCUT2D eigenvalue weighted by molar-refractivity contribution is -0.976. The van der Waals surface area contributed by atoms with Gasteiger partial charge in [-0.15, -0.1) is 0 Å². The quantitative estimate of drug-likeness (QED) is 0.164. The lowest BCUT2D eigenvalue weighted by Crippen LogP contribution is -2.50. The van der Waals surface area contributed by atoms with Crippen molar-refractivity contribution in [3.05, 3.63) is 0 Å². The van der Waals surface area contributed by atoms with Gasteiger partial charge in [-0.25, -0.2) is 0 Å². The van der Waals surface area contributed by atoms with Gasteiger partial charge in [0.15, 0.2) is 20.2 Å². The zero-order valence-electron chi connectivity index (χ0n) is 16.9. The molecule has 3 N–H and O–H groups in total. The highest BCUT2D eigenvalue weighted by Gasteiger charge is 2.23. The smallest absolute Gasteiger partial charge is 0.183 e. The third-order valence-electron chi connectivity index (χ3n) is 5.39. The first kappa shape index (κ1) is 24.8. The van der Waals surface area contributed by atoms with E-state index in [9.17, 15) is 15.3 Å². The number of hydrogen-bond acceptors (Lipinski definition) is 3. The van der Waals surface area contributed by atoms with E-state index >= 15 is 0 Å². The molecule has 152 valence electrons. The molecule has 0 spiro atoms. The van der Waals surface area contributed by atoms with Gasteiger partial charge in [-0.2, -0.15) is 0 Å². The molecule has 0 unspecified atom stereocenters. The second kappa shape index (κ2) is 18.6. The van der Waals surface area contributed by atoms with Gasteiger partial charge in [0.2, 0.25) is 0 Å². The normalized spacial score (nSPS) is 12.0. The third kappa shape index (κ3) is 14.7. The van der Waals surface area contributed by atoms with E-state index in [1.807, 2.05) is 0 Å². The number of unbranched alkanes of at least 4 members (excludes halogenated alkanes) is 15. The Balaban J connectivity index is 3.21. The average molecular weight is 361 g/mol. The van der Waals surface area contributed by atoms with Gasteiger partial charge >= 0.3 is 0 Å². The first-order chi connectivity index (χ1) is 12.2. The molecule has 0 bridgehead atoms. The van der Waals surface area contributed by atoms with E-state index in [2.05, 4.69) is 6.92 Å². The molecule has 0 aromatic carbocycles. The number of rotatable bonds is 20. The molecule has 4 nitrogen and oxygen atoms in total. The highest BCUT2D eigenvalue weighted by atomic mass is 16.3. The Morgan fingerprint density at radius 3 is 1.00 bits per heavy atom. The number of nitrogens with zero attached hydrogens (tertiary/aromatic N) is 1. The Bertz CT molecular complexity index is 249. The summed E-state index contributed by atoms with van der Waals surface area (Å²) >= 11 is 0. The van der Waals surface area contributed by atoms with Crippen LogP contribution in [0, 0.1) is 0 Å². The van der Waals surface area contributed by atoms with Crippen LogP contribution in [0.1, 0.15) is 110 Å². The standard InChI is InChI=1S/C21H46NO3/c1-2-3-4-5-6-7-8-9-10-11-12-13-14-15-16-17-18-22(19-23,20-24)21-25/h23-25H,2-21H2,1H3/q+1. The van der Waals surface area contributed by atoms with E-state index in [4.69, 9.17) is 0 Å². The monoisotopic (exact) mass is 360 g/mol. The molecule has 4 heteroatoms. The molecule has 0 saturated carbocycles. The highest BCUT2D eigenvalue weighted by Crippen LogP contribution is 2.14. The summed E-state index contributed by atoms with van der Waals surface area (Å²) in [6, 6.07) is 0. The van der Waals surface area contributed by atoms with Gasteiger partial charge in [-0.05, 0) is 12.8 Å². The van der Waals surface area contributed by atoms with Crippen molar-refractivity contribution < 1.29 is 19.8 Å². The predicted octanol–water partition coefficient (Wildman–Crippen LogP) is 4.91. The summed E-state index contributed by atoms with van der Waals surface area (Å²) in [4.78, 5) is 0. The van der Waals surface area contributed by atoms with Crippen molar-refractivity contribution in [2.75, 3.05) is 26.7 Å². The molecule has 0 aromatic rings. The van der Waals surface area contributed by atoms with Crippen molar-refractivity contribution in [2.45, 2.75) is 110 Å². The molecule has 0 rings (SSSR count). The van der Waals surface area contributed by atoms with Gasteiger partial charge in [0.05, 0.1) is 6.54 Å². The Morgan fingerprint density at radius 2 is 0.720 bits per heavy atom. The van der Waals surface area contributed by atoms with E-state index in [0.717, 1.165) is 12.8 Å². The molecule has 0 saturated heterocycles. The van der Waals surface area contributed by atoms with Crippen LogP contribution in [0.5, 0.6) is 0 Å². The second-order valence-corrected chi connectivity index (χ2v) is 7.79. The first-order valence-corrected chi connectivity index (χ1v) is 10.9. The van der Waals surface area contributed by atoms with Crippen LogP contribution in [0.2, 0.25) is 0 Å². The molecule has 0 radical (unpaired) electrons. The van der Waals surface area contributed by atoms with Crippen molar-refractivity contribution in [3.8, 4) is 0 Å². The van der Waals surface area contributed by atoms with Crippen LogP contribution in [0.15, 0.2) is 0 Å².